The summed E-state index contributed by atoms with van der Waals surface area (Å²) in [4.78, 5) is 18.7. The van der Waals surface area contributed by atoms with Gasteiger partial charge in [0.2, 0.25) is 11.7 Å². The molecule has 2 heterocycles. The van der Waals surface area contributed by atoms with Gasteiger partial charge in [-0.2, -0.15) is 4.98 Å². The number of benzene rings is 2. The second-order valence-corrected chi connectivity index (χ2v) is 7.50. The number of aromatic nitrogens is 2. The number of hydrogen-bond acceptors (Lipinski definition) is 4. The fraction of sp³-hybridized carbons (Fsp3) is 0.381. The molecule has 2 aliphatic rings. The minimum Gasteiger partial charge on any atom is -0.339 e. The lowest BCUT2D eigenvalue weighted by Crippen LogP contribution is -2.44. The van der Waals surface area contributed by atoms with E-state index in [1.165, 1.54) is 5.39 Å². The summed E-state index contributed by atoms with van der Waals surface area (Å²) in [6.45, 7) is 1.47. The first-order valence-corrected chi connectivity index (χ1v) is 9.64. The number of amides is 2. The highest BCUT2D eigenvalue weighted by Gasteiger charge is 2.30. The Labute approximate surface area is 157 Å². The molecular weight excluding hydrogens is 340 g/mol. The van der Waals surface area contributed by atoms with Crippen LogP contribution >= 0.6 is 0 Å². The van der Waals surface area contributed by atoms with E-state index < -0.39 is 0 Å². The molecule has 1 aliphatic heterocycles. The number of piperidine rings is 1. The van der Waals surface area contributed by atoms with Gasteiger partial charge >= 0.3 is 6.03 Å². The average molecular weight is 362 g/mol. The van der Waals surface area contributed by atoms with E-state index in [4.69, 9.17) is 4.52 Å². The van der Waals surface area contributed by atoms with Gasteiger partial charge in [0, 0.05) is 30.6 Å². The van der Waals surface area contributed by atoms with Crippen molar-refractivity contribution >= 4 is 16.8 Å². The van der Waals surface area contributed by atoms with Gasteiger partial charge in [-0.3, -0.25) is 0 Å². The van der Waals surface area contributed by atoms with Crippen molar-refractivity contribution in [3.8, 4) is 11.4 Å². The number of fused-ring (bicyclic) bond motifs is 1. The minimum atomic E-state index is 0.0679. The third-order valence-corrected chi connectivity index (χ3v) is 5.49. The van der Waals surface area contributed by atoms with Crippen molar-refractivity contribution in [3.05, 3.63) is 48.4 Å². The number of nitrogens with zero attached hydrogens (tertiary/aromatic N) is 3. The maximum atomic E-state index is 12.2. The molecule has 1 N–H and O–H groups in total. The van der Waals surface area contributed by atoms with Crippen molar-refractivity contribution in [1.82, 2.24) is 20.4 Å². The lowest BCUT2D eigenvalue weighted by atomic mass is 9.97. The van der Waals surface area contributed by atoms with Crippen LogP contribution in [0.2, 0.25) is 0 Å². The van der Waals surface area contributed by atoms with E-state index in [9.17, 15) is 4.79 Å². The summed E-state index contributed by atoms with van der Waals surface area (Å²) < 4.78 is 5.56. The first-order chi connectivity index (χ1) is 13.3. The Balaban J connectivity index is 1.27. The normalized spacial score (nSPS) is 18.0. The molecule has 27 heavy (non-hydrogen) atoms. The minimum absolute atomic E-state index is 0.0679. The van der Waals surface area contributed by atoms with Crippen molar-refractivity contribution in [2.75, 3.05) is 13.1 Å². The number of rotatable bonds is 3. The Morgan fingerprint density at radius 1 is 1.04 bits per heavy atom. The largest absolute Gasteiger partial charge is 0.339 e. The molecule has 6 heteroatoms. The zero-order chi connectivity index (χ0) is 18.2. The second kappa shape index (κ2) is 6.68. The Morgan fingerprint density at radius 3 is 2.59 bits per heavy atom. The summed E-state index contributed by atoms with van der Waals surface area (Å²) in [7, 11) is 0. The SMILES string of the molecule is O=C(NC1CC1)N1CCC(c2nc(-c3ccc4ccccc4c3)no2)CC1. The number of urea groups is 1. The van der Waals surface area contributed by atoms with Crippen molar-refractivity contribution in [2.24, 2.45) is 0 Å². The molecule has 2 amide bonds. The zero-order valence-electron chi connectivity index (χ0n) is 15.1. The van der Waals surface area contributed by atoms with Gasteiger partial charge in [-0.1, -0.05) is 41.6 Å². The molecule has 1 saturated carbocycles. The van der Waals surface area contributed by atoms with Gasteiger partial charge in [0.1, 0.15) is 0 Å². The molecule has 1 aromatic heterocycles. The summed E-state index contributed by atoms with van der Waals surface area (Å²) in [5.41, 5.74) is 0.963. The zero-order valence-corrected chi connectivity index (χ0v) is 15.1. The second-order valence-electron chi connectivity index (χ2n) is 7.50. The van der Waals surface area contributed by atoms with Crippen LogP contribution in [0.25, 0.3) is 22.2 Å². The van der Waals surface area contributed by atoms with Crippen LogP contribution < -0.4 is 5.32 Å². The van der Waals surface area contributed by atoms with Crippen LogP contribution in [-0.2, 0) is 0 Å². The first-order valence-electron chi connectivity index (χ1n) is 9.64. The molecule has 138 valence electrons. The molecule has 2 fully saturated rings. The summed E-state index contributed by atoms with van der Waals surface area (Å²) in [5, 5.41) is 9.60. The molecular formula is C21H22N4O2. The third-order valence-electron chi connectivity index (χ3n) is 5.49. The van der Waals surface area contributed by atoms with Crippen LogP contribution in [0.15, 0.2) is 47.0 Å². The summed E-state index contributed by atoms with van der Waals surface area (Å²) in [5.74, 6) is 1.53. The van der Waals surface area contributed by atoms with Gasteiger partial charge < -0.3 is 14.7 Å². The Kier molecular flexibility index (Phi) is 4.03. The van der Waals surface area contributed by atoms with E-state index in [2.05, 4.69) is 39.7 Å². The van der Waals surface area contributed by atoms with E-state index in [0.717, 1.165) is 49.7 Å². The molecule has 6 nitrogen and oxygen atoms in total. The molecule has 0 bridgehead atoms. The summed E-state index contributed by atoms with van der Waals surface area (Å²) >= 11 is 0. The Bertz CT molecular complexity index is 971. The average Bonchev–Trinajstić information content (AvgIpc) is 3.39. The van der Waals surface area contributed by atoms with Crippen LogP contribution in [0, 0.1) is 0 Å². The molecule has 0 radical (unpaired) electrons. The lowest BCUT2D eigenvalue weighted by Gasteiger charge is -2.30. The van der Waals surface area contributed by atoms with Crippen molar-refractivity contribution in [1.29, 1.82) is 0 Å². The fourth-order valence-corrected chi connectivity index (χ4v) is 3.67. The number of nitrogens with one attached hydrogen (secondary N) is 1. The molecule has 1 saturated heterocycles. The summed E-state index contributed by atoms with van der Waals surface area (Å²) in [6.07, 6.45) is 3.94. The molecule has 0 unspecified atom stereocenters. The number of carbonyl (C=O) groups excluding carboxylic acids is 1. The molecule has 0 atom stereocenters. The van der Waals surface area contributed by atoms with E-state index in [0.29, 0.717) is 17.8 Å². The van der Waals surface area contributed by atoms with Crippen LogP contribution in [0.1, 0.15) is 37.5 Å². The van der Waals surface area contributed by atoms with E-state index in [-0.39, 0.29) is 11.9 Å². The maximum Gasteiger partial charge on any atom is 0.317 e. The van der Waals surface area contributed by atoms with Gasteiger partial charge in [0.05, 0.1) is 0 Å². The van der Waals surface area contributed by atoms with Gasteiger partial charge in [0.15, 0.2) is 0 Å². The molecule has 2 aromatic carbocycles. The molecule has 1 aliphatic carbocycles. The lowest BCUT2D eigenvalue weighted by molar-refractivity contribution is 0.175. The van der Waals surface area contributed by atoms with Crippen LogP contribution in [0.4, 0.5) is 4.79 Å². The maximum absolute atomic E-state index is 12.2. The van der Waals surface area contributed by atoms with Crippen molar-refractivity contribution in [3.63, 3.8) is 0 Å². The third kappa shape index (κ3) is 3.39. The van der Waals surface area contributed by atoms with Gasteiger partial charge in [-0.05, 0) is 42.5 Å². The highest BCUT2D eigenvalue weighted by Crippen LogP contribution is 2.30. The number of carbonyl (C=O) groups is 1. The molecule has 3 aromatic rings. The van der Waals surface area contributed by atoms with Gasteiger partial charge in [-0.25, -0.2) is 4.79 Å². The highest BCUT2D eigenvalue weighted by atomic mass is 16.5. The van der Waals surface area contributed by atoms with E-state index in [1.807, 2.05) is 23.1 Å². The Hall–Kier alpha value is -2.89. The quantitative estimate of drug-likeness (QED) is 0.766. The van der Waals surface area contributed by atoms with Crippen LogP contribution in [0.5, 0.6) is 0 Å². The van der Waals surface area contributed by atoms with Crippen molar-refractivity contribution < 1.29 is 9.32 Å². The van der Waals surface area contributed by atoms with Crippen molar-refractivity contribution in [2.45, 2.75) is 37.6 Å². The number of likely N-dealkylation sites (tertiary alicyclic amines) is 1. The monoisotopic (exact) mass is 362 g/mol. The summed E-state index contributed by atoms with van der Waals surface area (Å²) in [6, 6.07) is 14.9. The van der Waals surface area contributed by atoms with Gasteiger partial charge in [-0.15, -0.1) is 0 Å². The molecule has 0 spiro atoms. The topological polar surface area (TPSA) is 71.3 Å². The smallest absolute Gasteiger partial charge is 0.317 e. The first kappa shape index (κ1) is 16.3. The van der Waals surface area contributed by atoms with E-state index >= 15 is 0 Å². The van der Waals surface area contributed by atoms with E-state index in [1.54, 1.807) is 0 Å². The molecule has 5 rings (SSSR count). The predicted molar refractivity (Wildman–Crippen MR) is 102 cm³/mol. The highest BCUT2D eigenvalue weighted by molar-refractivity contribution is 5.86. The Morgan fingerprint density at radius 2 is 1.81 bits per heavy atom. The predicted octanol–water partition coefficient (Wildman–Crippen LogP) is 3.94. The fourth-order valence-electron chi connectivity index (χ4n) is 3.67. The van der Waals surface area contributed by atoms with Gasteiger partial charge in [0.25, 0.3) is 0 Å². The number of hydrogen-bond donors (Lipinski definition) is 1. The standard InChI is InChI=1S/C21H22N4O2/c26-21(22-18-7-8-18)25-11-9-15(10-12-25)20-23-19(24-27-20)17-6-5-14-3-1-2-4-16(14)13-17/h1-6,13,15,18H,7-12H2,(H,22,26). The van der Waals surface area contributed by atoms with Crippen LogP contribution in [0.3, 0.4) is 0 Å². The van der Waals surface area contributed by atoms with Crippen LogP contribution in [-0.4, -0.2) is 40.2 Å².